The number of benzene rings is 1. The Morgan fingerprint density at radius 3 is 2.89 bits per heavy atom. The highest BCUT2D eigenvalue weighted by Gasteiger charge is 2.28. The molecule has 4 nitrogen and oxygen atoms in total. The van der Waals surface area contributed by atoms with Crippen LogP contribution in [0.15, 0.2) is 24.3 Å². The first-order chi connectivity index (χ1) is 8.56. The van der Waals surface area contributed by atoms with Crippen LogP contribution >= 0.6 is 12.2 Å². The molecule has 0 bridgehead atoms. The number of nitrogens with one attached hydrogen (secondary N) is 1. The van der Waals surface area contributed by atoms with Crippen molar-refractivity contribution < 1.29 is 9.53 Å². The van der Waals surface area contributed by atoms with Crippen LogP contribution < -0.4 is 11.1 Å². The van der Waals surface area contributed by atoms with E-state index in [9.17, 15) is 4.79 Å². The van der Waals surface area contributed by atoms with E-state index in [4.69, 9.17) is 22.7 Å². The second-order valence-corrected chi connectivity index (χ2v) is 4.89. The zero-order chi connectivity index (χ0) is 13.1. The van der Waals surface area contributed by atoms with Gasteiger partial charge in [-0.2, -0.15) is 0 Å². The molecule has 1 aromatic rings. The molecule has 1 amide bonds. The molecule has 3 N–H and O–H groups in total. The molecule has 1 aromatic carbocycles. The van der Waals surface area contributed by atoms with Crippen molar-refractivity contribution in [3.05, 3.63) is 29.8 Å². The number of nitrogens with two attached hydrogens (primary N) is 1. The van der Waals surface area contributed by atoms with Gasteiger partial charge in [-0.3, -0.25) is 4.79 Å². The maximum Gasteiger partial charge on any atom is 0.253 e. The van der Waals surface area contributed by atoms with Crippen LogP contribution in [0.2, 0.25) is 0 Å². The molecule has 2 unspecified atom stereocenters. The Morgan fingerprint density at radius 2 is 2.28 bits per heavy atom. The van der Waals surface area contributed by atoms with Crippen LogP contribution in [-0.4, -0.2) is 23.1 Å². The van der Waals surface area contributed by atoms with Crippen LogP contribution in [0.25, 0.3) is 0 Å². The number of thiocarbonyl (C=S) groups is 1. The Labute approximate surface area is 112 Å². The van der Waals surface area contributed by atoms with Crippen LogP contribution in [0.4, 0.5) is 5.69 Å². The van der Waals surface area contributed by atoms with E-state index in [2.05, 4.69) is 5.32 Å². The predicted molar refractivity (Wildman–Crippen MR) is 74.5 cm³/mol. The Kier molecular flexibility index (Phi) is 3.93. The average Bonchev–Trinajstić information content (AvgIpc) is 2.76. The van der Waals surface area contributed by atoms with Crippen molar-refractivity contribution in [3.8, 4) is 0 Å². The highest BCUT2D eigenvalue weighted by atomic mass is 32.1. The van der Waals surface area contributed by atoms with Crippen molar-refractivity contribution in [3.63, 3.8) is 0 Å². The van der Waals surface area contributed by atoms with Crippen LogP contribution in [0.3, 0.4) is 0 Å². The standard InChI is InChI=1S/C13H16N2O2S/c1-8-5-6-11(17-8)13(16)15-10-4-2-3-9(7-10)12(14)18/h2-4,7-8,11H,5-6H2,1H3,(H2,14,18)(H,15,16). The zero-order valence-electron chi connectivity index (χ0n) is 10.2. The first kappa shape index (κ1) is 13.0. The monoisotopic (exact) mass is 264 g/mol. The molecular formula is C13H16N2O2S. The topological polar surface area (TPSA) is 64.4 Å². The number of hydrogen-bond donors (Lipinski definition) is 2. The minimum Gasteiger partial charge on any atom is -0.389 e. The van der Waals surface area contributed by atoms with Gasteiger partial charge in [-0.05, 0) is 31.9 Å². The Balaban J connectivity index is 2.03. The molecule has 2 rings (SSSR count). The normalized spacial score (nSPS) is 22.7. The molecule has 1 saturated heterocycles. The minimum atomic E-state index is -0.353. The summed E-state index contributed by atoms with van der Waals surface area (Å²) in [5.41, 5.74) is 6.98. The first-order valence-electron chi connectivity index (χ1n) is 5.92. The van der Waals surface area contributed by atoms with Gasteiger partial charge in [-0.15, -0.1) is 0 Å². The lowest BCUT2D eigenvalue weighted by Gasteiger charge is -2.12. The molecule has 0 spiro atoms. The van der Waals surface area contributed by atoms with Gasteiger partial charge in [0.15, 0.2) is 0 Å². The molecular weight excluding hydrogens is 248 g/mol. The summed E-state index contributed by atoms with van der Waals surface area (Å²) < 4.78 is 5.51. The Bertz CT molecular complexity index is 476. The second kappa shape index (κ2) is 5.46. The van der Waals surface area contributed by atoms with E-state index in [-0.39, 0.29) is 18.1 Å². The highest BCUT2D eigenvalue weighted by molar-refractivity contribution is 7.80. The van der Waals surface area contributed by atoms with E-state index in [1.165, 1.54) is 0 Å². The summed E-state index contributed by atoms with van der Waals surface area (Å²) in [6, 6.07) is 7.19. The fourth-order valence-corrected chi connectivity index (χ4v) is 2.10. The van der Waals surface area contributed by atoms with Crippen molar-refractivity contribution in [1.82, 2.24) is 0 Å². The summed E-state index contributed by atoms with van der Waals surface area (Å²) in [5, 5.41) is 2.82. The third kappa shape index (κ3) is 3.05. The summed E-state index contributed by atoms with van der Waals surface area (Å²) in [7, 11) is 0. The van der Waals surface area contributed by atoms with Gasteiger partial charge in [0, 0.05) is 11.3 Å². The number of carbonyl (C=O) groups excluding carboxylic acids is 1. The van der Waals surface area contributed by atoms with Crippen molar-refractivity contribution >= 4 is 28.8 Å². The van der Waals surface area contributed by atoms with E-state index in [1.54, 1.807) is 12.1 Å². The number of hydrogen-bond acceptors (Lipinski definition) is 3. The van der Waals surface area contributed by atoms with Crippen molar-refractivity contribution in [2.45, 2.75) is 32.0 Å². The molecule has 1 fully saturated rings. The lowest BCUT2D eigenvalue weighted by Crippen LogP contribution is -2.27. The van der Waals surface area contributed by atoms with Gasteiger partial charge in [0.1, 0.15) is 11.1 Å². The number of ether oxygens (including phenoxy) is 1. The largest absolute Gasteiger partial charge is 0.389 e. The van der Waals surface area contributed by atoms with Gasteiger partial charge in [0.25, 0.3) is 5.91 Å². The van der Waals surface area contributed by atoms with Crippen LogP contribution in [0.5, 0.6) is 0 Å². The summed E-state index contributed by atoms with van der Waals surface area (Å²) in [4.78, 5) is 12.3. The number of amides is 1. The number of carbonyl (C=O) groups is 1. The fourth-order valence-electron chi connectivity index (χ4n) is 1.97. The lowest BCUT2D eigenvalue weighted by molar-refractivity contribution is -0.126. The molecule has 0 saturated carbocycles. The summed E-state index contributed by atoms with van der Waals surface area (Å²) in [5.74, 6) is -0.112. The van der Waals surface area contributed by atoms with E-state index in [1.807, 2.05) is 19.1 Å². The van der Waals surface area contributed by atoms with E-state index in [0.717, 1.165) is 18.4 Å². The van der Waals surface area contributed by atoms with E-state index in [0.29, 0.717) is 10.7 Å². The Morgan fingerprint density at radius 1 is 1.50 bits per heavy atom. The molecule has 2 atom stereocenters. The zero-order valence-corrected chi connectivity index (χ0v) is 11.0. The van der Waals surface area contributed by atoms with Gasteiger partial charge in [-0.25, -0.2) is 0 Å². The van der Waals surface area contributed by atoms with Gasteiger partial charge >= 0.3 is 0 Å². The van der Waals surface area contributed by atoms with E-state index >= 15 is 0 Å². The molecule has 1 aliphatic heterocycles. The molecule has 0 aromatic heterocycles. The van der Waals surface area contributed by atoms with Gasteiger partial charge < -0.3 is 15.8 Å². The lowest BCUT2D eigenvalue weighted by atomic mass is 10.1. The second-order valence-electron chi connectivity index (χ2n) is 4.45. The summed E-state index contributed by atoms with van der Waals surface area (Å²) in [6.07, 6.45) is 1.49. The average molecular weight is 264 g/mol. The third-order valence-corrected chi connectivity index (χ3v) is 3.17. The number of rotatable bonds is 3. The smallest absolute Gasteiger partial charge is 0.253 e. The third-order valence-electron chi connectivity index (χ3n) is 2.94. The predicted octanol–water partition coefficient (Wildman–Crippen LogP) is 1.83. The van der Waals surface area contributed by atoms with Crippen LogP contribution in [-0.2, 0) is 9.53 Å². The van der Waals surface area contributed by atoms with E-state index < -0.39 is 0 Å². The van der Waals surface area contributed by atoms with Crippen molar-refractivity contribution in [2.75, 3.05) is 5.32 Å². The maximum atomic E-state index is 11.9. The van der Waals surface area contributed by atoms with Gasteiger partial charge in [0.2, 0.25) is 0 Å². The molecule has 0 radical (unpaired) electrons. The Hall–Kier alpha value is -1.46. The number of anilines is 1. The van der Waals surface area contributed by atoms with Crippen LogP contribution in [0, 0.1) is 0 Å². The first-order valence-corrected chi connectivity index (χ1v) is 6.33. The maximum absolute atomic E-state index is 11.9. The van der Waals surface area contributed by atoms with Crippen LogP contribution in [0.1, 0.15) is 25.3 Å². The van der Waals surface area contributed by atoms with Crippen molar-refractivity contribution in [1.29, 1.82) is 0 Å². The molecule has 96 valence electrons. The summed E-state index contributed by atoms with van der Waals surface area (Å²) >= 11 is 4.90. The van der Waals surface area contributed by atoms with Gasteiger partial charge in [-0.1, -0.05) is 24.4 Å². The molecule has 1 heterocycles. The molecule has 1 aliphatic rings. The highest BCUT2D eigenvalue weighted by Crippen LogP contribution is 2.20. The molecule has 5 heteroatoms. The quantitative estimate of drug-likeness (QED) is 0.817. The molecule has 0 aliphatic carbocycles. The van der Waals surface area contributed by atoms with Crippen molar-refractivity contribution in [2.24, 2.45) is 5.73 Å². The summed E-state index contributed by atoms with van der Waals surface area (Å²) in [6.45, 7) is 1.97. The molecule has 18 heavy (non-hydrogen) atoms. The van der Waals surface area contributed by atoms with Gasteiger partial charge in [0.05, 0.1) is 6.10 Å². The minimum absolute atomic E-state index is 0.112. The fraction of sp³-hybridized carbons (Fsp3) is 0.385. The SMILES string of the molecule is CC1CCC(C(=O)Nc2cccc(C(N)=S)c2)O1.